The number of hydrogen-bond donors (Lipinski definition) is 0. The molecule has 1 saturated heterocycles. The van der Waals surface area contributed by atoms with Gasteiger partial charge in [0.2, 0.25) is 5.91 Å². The molecule has 1 aliphatic carbocycles. The predicted octanol–water partition coefficient (Wildman–Crippen LogP) is 2.30. The first-order valence-electron chi connectivity index (χ1n) is 5.66. The molecule has 2 atom stereocenters. The van der Waals surface area contributed by atoms with Gasteiger partial charge in [-0.25, -0.2) is 0 Å². The van der Waals surface area contributed by atoms with Crippen molar-refractivity contribution in [2.45, 2.75) is 31.7 Å². The Hall–Kier alpha value is -0.830. The minimum Gasteiger partial charge on any atom is -0.339 e. The standard InChI is InChI=1S/C12H15NOS/c14-12(7-10-4-2-6-15-10)13-8-9-3-1-5-11(9)13/h2,4,6,9,11H,1,3,5,7-8H2/t9-,11-/m0/s1. The van der Waals surface area contributed by atoms with Gasteiger partial charge < -0.3 is 4.90 Å². The van der Waals surface area contributed by atoms with Crippen molar-refractivity contribution in [2.24, 2.45) is 5.92 Å². The van der Waals surface area contributed by atoms with E-state index < -0.39 is 0 Å². The van der Waals surface area contributed by atoms with E-state index in [1.807, 2.05) is 11.4 Å². The number of likely N-dealkylation sites (tertiary alicyclic amines) is 1. The van der Waals surface area contributed by atoms with Crippen LogP contribution in [0.2, 0.25) is 0 Å². The second kappa shape index (κ2) is 3.63. The molecule has 1 aromatic rings. The van der Waals surface area contributed by atoms with E-state index in [4.69, 9.17) is 0 Å². The summed E-state index contributed by atoms with van der Waals surface area (Å²) in [4.78, 5) is 15.3. The first-order valence-corrected chi connectivity index (χ1v) is 6.54. The zero-order valence-corrected chi connectivity index (χ0v) is 9.50. The number of fused-ring (bicyclic) bond motifs is 1. The largest absolute Gasteiger partial charge is 0.339 e. The molecule has 1 aromatic heterocycles. The third-order valence-corrected chi connectivity index (χ3v) is 4.55. The Labute approximate surface area is 93.9 Å². The molecule has 0 spiro atoms. The number of hydrogen-bond acceptors (Lipinski definition) is 2. The number of amides is 1. The average molecular weight is 221 g/mol. The molecule has 1 amide bonds. The van der Waals surface area contributed by atoms with E-state index in [0.717, 1.165) is 12.5 Å². The van der Waals surface area contributed by atoms with Crippen LogP contribution >= 0.6 is 11.3 Å². The van der Waals surface area contributed by atoms with Crippen LogP contribution in [0, 0.1) is 5.92 Å². The topological polar surface area (TPSA) is 20.3 Å². The summed E-state index contributed by atoms with van der Waals surface area (Å²) in [5, 5.41) is 2.04. The van der Waals surface area contributed by atoms with Crippen LogP contribution < -0.4 is 0 Å². The Balaban J connectivity index is 1.62. The lowest BCUT2D eigenvalue weighted by Crippen LogP contribution is -2.56. The van der Waals surface area contributed by atoms with Crippen molar-refractivity contribution in [3.8, 4) is 0 Å². The molecule has 0 N–H and O–H groups in total. The van der Waals surface area contributed by atoms with E-state index in [1.54, 1.807) is 11.3 Å². The lowest BCUT2D eigenvalue weighted by molar-refractivity contribution is -0.141. The summed E-state index contributed by atoms with van der Waals surface area (Å²) in [6, 6.07) is 4.66. The van der Waals surface area contributed by atoms with E-state index in [2.05, 4.69) is 11.0 Å². The van der Waals surface area contributed by atoms with Crippen molar-refractivity contribution in [2.75, 3.05) is 6.54 Å². The van der Waals surface area contributed by atoms with Gasteiger partial charge in [0.25, 0.3) is 0 Å². The maximum absolute atomic E-state index is 12.0. The smallest absolute Gasteiger partial charge is 0.228 e. The monoisotopic (exact) mass is 221 g/mol. The fraction of sp³-hybridized carbons (Fsp3) is 0.583. The van der Waals surface area contributed by atoms with Crippen LogP contribution in [-0.4, -0.2) is 23.4 Å². The molecule has 0 radical (unpaired) electrons. The molecule has 0 bridgehead atoms. The molecule has 80 valence electrons. The van der Waals surface area contributed by atoms with Crippen LogP contribution in [0.3, 0.4) is 0 Å². The van der Waals surface area contributed by atoms with E-state index in [0.29, 0.717) is 18.4 Å². The fourth-order valence-electron chi connectivity index (χ4n) is 2.84. The molecule has 1 saturated carbocycles. The van der Waals surface area contributed by atoms with Gasteiger partial charge in [-0.05, 0) is 30.2 Å². The van der Waals surface area contributed by atoms with E-state index in [1.165, 1.54) is 24.1 Å². The van der Waals surface area contributed by atoms with E-state index in [9.17, 15) is 4.79 Å². The zero-order chi connectivity index (χ0) is 10.3. The van der Waals surface area contributed by atoms with Gasteiger partial charge >= 0.3 is 0 Å². The number of nitrogens with zero attached hydrogens (tertiary/aromatic N) is 1. The molecule has 1 aliphatic heterocycles. The van der Waals surface area contributed by atoms with Gasteiger partial charge in [-0.2, -0.15) is 0 Å². The maximum atomic E-state index is 12.0. The third kappa shape index (κ3) is 1.59. The summed E-state index contributed by atoms with van der Waals surface area (Å²) in [6.45, 7) is 1.02. The van der Waals surface area contributed by atoms with Crippen molar-refractivity contribution >= 4 is 17.2 Å². The molecule has 2 fully saturated rings. The molecular formula is C12H15NOS. The number of thiophene rings is 1. The predicted molar refractivity (Wildman–Crippen MR) is 60.9 cm³/mol. The summed E-state index contributed by atoms with van der Waals surface area (Å²) >= 11 is 1.68. The van der Waals surface area contributed by atoms with Crippen LogP contribution in [0.25, 0.3) is 0 Å². The first kappa shape index (κ1) is 9.40. The van der Waals surface area contributed by atoms with Crippen LogP contribution in [0.1, 0.15) is 24.1 Å². The van der Waals surface area contributed by atoms with Crippen molar-refractivity contribution in [1.82, 2.24) is 4.90 Å². The fourth-order valence-corrected chi connectivity index (χ4v) is 3.54. The normalized spacial score (nSPS) is 28.7. The highest BCUT2D eigenvalue weighted by Crippen LogP contribution is 2.39. The second-order valence-electron chi connectivity index (χ2n) is 4.56. The summed E-state index contributed by atoms with van der Waals surface area (Å²) < 4.78 is 0. The quantitative estimate of drug-likeness (QED) is 0.750. The number of rotatable bonds is 2. The van der Waals surface area contributed by atoms with Gasteiger partial charge in [-0.1, -0.05) is 12.5 Å². The lowest BCUT2D eigenvalue weighted by atomic mass is 9.91. The van der Waals surface area contributed by atoms with E-state index >= 15 is 0 Å². The highest BCUT2D eigenvalue weighted by atomic mass is 32.1. The van der Waals surface area contributed by atoms with Crippen molar-refractivity contribution < 1.29 is 4.79 Å². The first-order chi connectivity index (χ1) is 7.34. The minimum absolute atomic E-state index is 0.334. The van der Waals surface area contributed by atoms with Crippen molar-refractivity contribution in [3.05, 3.63) is 22.4 Å². The summed E-state index contributed by atoms with van der Waals surface area (Å²) in [7, 11) is 0. The van der Waals surface area contributed by atoms with Gasteiger partial charge in [-0.3, -0.25) is 4.79 Å². The average Bonchev–Trinajstić information content (AvgIpc) is 2.77. The van der Waals surface area contributed by atoms with Crippen molar-refractivity contribution in [3.63, 3.8) is 0 Å². The highest BCUT2D eigenvalue weighted by molar-refractivity contribution is 7.10. The molecule has 0 aromatic carbocycles. The summed E-state index contributed by atoms with van der Waals surface area (Å²) in [5.41, 5.74) is 0. The van der Waals surface area contributed by atoms with Gasteiger partial charge in [0.1, 0.15) is 0 Å². The third-order valence-electron chi connectivity index (χ3n) is 3.68. The molecular weight excluding hydrogens is 206 g/mol. The summed E-state index contributed by atoms with van der Waals surface area (Å²) in [5.74, 6) is 1.16. The molecule has 3 heteroatoms. The molecule has 3 rings (SSSR count). The Morgan fingerprint density at radius 1 is 1.53 bits per heavy atom. The van der Waals surface area contributed by atoms with Crippen LogP contribution in [0.4, 0.5) is 0 Å². The van der Waals surface area contributed by atoms with Crippen LogP contribution in [-0.2, 0) is 11.2 Å². The maximum Gasteiger partial charge on any atom is 0.228 e. The van der Waals surface area contributed by atoms with Crippen LogP contribution in [0.15, 0.2) is 17.5 Å². The molecule has 2 nitrogen and oxygen atoms in total. The molecule has 0 unspecified atom stereocenters. The summed E-state index contributed by atoms with van der Waals surface area (Å²) in [6.07, 6.45) is 4.51. The van der Waals surface area contributed by atoms with Crippen molar-refractivity contribution in [1.29, 1.82) is 0 Å². The van der Waals surface area contributed by atoms with E-state index in [-0.39, 0.29) is 0 Å². The highest BCUT2D eigenvalue weighted by Gasteiger charge is 2.44. The number of carbonyl (C=O) groups is 1. The Morgan fingerprint density at radius 2 is 2.47 bits per heavy atom. The number of carbonyl (C=O) groups excluding carboxylic acids is 1. The Bertz CT molecular complexity index is 360. The van der Waals surface area contributed by atoms with Gasteiger partial charge in [0.05, 0.1) is 6.42 Å². The molecule has 2 heterocycles. The Morgan fingerprint density at radius 3 is 3.20 bits per heavy atom. The molecule has 15 heavy (non-hydrogen) atoms. The SMILES string of the molecule is O=C(Cc1cccs1)N1C[C@@H]2CCC[C@@H]21. The van der Waals surface area contributed by atoms with Crippen LogP contribution in [0.5, 0.6) is 0 Å². The zero-order valence-electron chi connectivity index (χ0n) is 8.69. The van der Waals surface area contributed by atoms with Gasteiger partial charge in [0.15, 0.2) is 0 Å². The molecule has 2 aliphatic rings. The second-order valence-corrected chi connectivity index (χ2v) is 5.59. The van der Waals surface area contributed by atoms with Gasteiger partial charge in [0, 0.05) is 17.5 Å². The lowest BCUT2D eigenvalue weighted by Gasteiger charge is -2.44. The Kier molecular flexibility index (Phi) is 2.28. The van der Waals surface area contributed by atoms with Gasteiger partial charge in [-0.15, -0.1) is 11.3 Å². The minimum atomic E-state index is 0.334.